The van der Waals surface area contributed by atoms with Crippen molar-refractivity contribution in [3.63, 3.8) is 0 Å². The second-order valence-corrected chi connectivity index (χ2v) is 4.96. The average molecular weight is 273 g/mol. The number of H-pyrrole nitrogens is 1. The van der Waals surface area contributed by atoms with Gasteiger partial charge in [0.05, 0.1) is 32.7 Å². The van der Waals surface area contributed by atoms with Crippen LogP contribution in [0.25, 0.3) is 11.3 Å². The first-order chi connectivity index (χ1) is 9.80. The van der Waals surface area contributed by atoms with Gasteiger partial charge in [0.1, 0.15) is 17.3 Å². The number of benzene rings is 1. The number of methoxy groups -OCH3 is 2. The molecule has 1 fully saturated rings. The number of nitrogens with zero attached hydrogens (tertiary/aromatic N) is 1. The van der Waals surface area contributed by atoms with E-state index in [0.717, 1.165) is 35.1 Å². The molecule has 1 aliphatic carbocycles. The van der Waals surface area contributed by atoms with Crippen molar-refractivity contribution in [1.82, 2.24) is 15.3 Å². The molecule has 5 nitrogen and oxygen atoms in total. The Morgan fingerprint density at radius 2 is 2.15 bits per heavy atom. The Hall–Kier alpha value is -2.01. The highest BCUT2D eigenvalue weighted by atomic mass is 16.5. The fraction of sp³-hybridized carbons (Fsp3) is 0.400. The van der Waals surface area contributed by atoms with E-state index in [1.165, 1.54) is 12.8 Å². The molecule has 0 unspecified atom stereocenters. The molecule has 0 spiro atoms. The zero-order chi connectivity index (χ0) is 13.9. The summed E-state index contributed by atoms with van der Waals surface area (Å²) in [5.41, 5.74) is 1.94. The Labute approximate surface area is 118 Å². The van der Waals surface area contributed by atoms with Crippen LogP contribution in [0, 0.1) is 0 Å². The van der Waals surface area contributed by atoms with Crippen molar-refractivity contribution in [3.05, 3.63) is 30.2 Å². The summed E-state index contributed by atoms with van der Waals surface area (Å²) >= 11 is 0. The molecule has 1 aliphatic rings. The van der Waals surface area contributed by atoms with Crippen molar-refractivity contribution < 1.29 is 9.47 Å². The van der Waals surface area contributed by atoms with Crippen LogP contribution in [0.2, 0.25) is 0 Å². The van der Waals surface area contributed by atoms with E-state index in [4.69, 9.17) is 9.47 Å². The van der Waals surface area contributed by atoms with Gasteiger partial charge in [0.25, 0.3) is 0 Å². The Morgan fingerprint density at radius 3 is 2.85 bits per heavy atom. The number of nitrogens with one attached hydrogen (secondary N) is 2. The summed E-state index contributed by atoms with van der Waals surface area (Å²) in [6.07, 6.45) is 4.40. The molecule has 0 amide bonds. The van der Waals surface area contributed by atoms with Gasteiger partial charge in [-0.1, -0.05) is 0 Å². The third-order valence-corrected chi connectivity index (χ3v) is 3.46. The molecule has 0 aliphatic heterocycles. The van der Waals surface area contributed by atoms with Gasteiger partial charge in [-0.3, -0.25) is 0 Å². The number of aromatic nitrogens is 2. The van der Waals surface area contributed by atoms with Gasteiger partial charge in [-0.15, -0.1) is 0 Å². The second-order valence-electron chi connectivity index (χ2n) is 4.96. The molecule has 1 aromatic carbocycles. The van der Waals surface area contributed by atoms with Gasteiger partial charge in [0.2, 0.25) is 0 Å². The summed E-state index contributed by atoms with van der Waals surface area (Å²) in [6.45, 7) is 0.781. The van der Waals surface area contributed by atoms with E-state index in [0.29, 0.717) is 6.04 Å². The molecule has 5 heteroatoms. The van der Waals surface area contributed by atoms with Crippen LogP contribution in [0.3, 0.4) is 0 Å². The first-order valence-corrected chi connectivity index (χ1v) is 6.80. The van der Waals surface area contributed by atoms with E-state index in [2.05, 4.69) is 15.3 Å². The molecule has 2 aromatic rings. The maximum Gasteiger partial charge on any atom is 0.131 e. The normalized spacial score (nSPS) is 14.3. The predicted octanol–water partition coefficient (Wildman–Crippen LogP) is 2.35. The van der Waals surface area contributed by atoms with Crippen LogP contribution in [-0.4, -0.2) is 30.2 Å². The fourth-order valence-electron chi connectivity index (χ4n) is 2.14. The van der Waals surface area contributed by atoms with E-state index in [1.54, 1.807) is 14.2 Å². The lowest BCUT2D eigenvalue weighted by Crippen LogP contribution is -2.16. The quantitative estimate of drug-likeness (QED) is 0.848. The minimum absolute atomic E-state index is 0.680. The molecule has 0 atom stereocenters. The molecule has 2 N–H and O–H groups in total. The number of hydrogen-bond donors (Lipinski definition) is 2. The molecular formula is C15H19N3O2. The highest BCUT2D eigenvalue weighted by molar-refractivity contribution is 5.68. The molecule has 3 rings (SSSR count). The third kappa shape index (κ3) is 2.77. The zero-order valence-electron chi connectivity index (χ0n) is 11.8. The van der Waals surface area contributed by atoms with Gasteiger partial charge in [-0.05, 0) is 25.0 Å². The van der Waals surface area contributed by atoms with Crippen LogP contribution >= 0.6 is 0 Å². The van der Waals surface area contributed by atoms with E-state index in [1.807, 2.05) is 24.4 Å². The molecule has 1 aromatic heterocycles. The van der Waals surface area contributed by atoms with Gasteiger partial charge in [0, 0.05) is 17.7 Å². The Bertz CT molecular complexity index is 591. The molecule has 1 heterocycles. The van der Waals surface area contributed by atoms with Gasteiger partial charge in [-0.25, -0.2) is 4.98 Å². The lowest BCUT2D eigenvalue weighted by atomic mass is 10.1. The van der Waals surface area contributed by atoms with Gasteiger partial charge >= 0.3 is 0 Å². The zero-order valence-corrected chi connectivity index (χ0v) is 11.8. The second kappa shape index (κ2) is 5.54. The molecular weight excluding hydrogens is 254 g/mol. The van der Waals surface area contributed by atoms with Crippen LogP contribution in [0.15, 0.2) is 24.4 Å². The predicted molar refractivity (Wildman–Crippen MR) is 77.0 cm³/mol. The first-order valence-electron chi connectivity index (χ1n) is 6.80. The monoisotopic (exact) mass is 273 g/mol. The standard InChI is InChI=1S/C15H19N3O2/c1-19-11-5-6-12(14(7-11)20-2)13-8-17-15(18-13)9-16-10-3-4-10/h5-8,10,16H,3-4,9H2,1-2H3,(H,17,18). The summed E-state index contributed by atoms with van der Waals surface area (Å²) < 4.78 is 10.6. The van der Waals surface area contributed by atoms with Gasteiger partial charge < -0.3 is 19.8 Å². The molecule has 0 radical (unpaired) electrons. The fourth-order valence-corrected chi connectivity index (χ4v) is 2.14. The number of aromatic amines is 1. The van der Waals surface area contributed by atoms with Crippen molar-refractivity contribution in [2.45, 2.75) is 25.4 Å². The van der Waals surface area contributed by atoms with Crippen LogP contribution in [-0.2, 0) is 6.54 Å². The lowest BCUT2D eigenvalue weighted by molar-refractivity contribution is 0.395. The molecule has 0 bridgehead atoms. The minimum atomic E-state index is 0.680. The summed E-state index contributed by atoms with van der Waals surface area (Å²) in [5.74, 6) is 2.50. The average Bonchev–Trinajstić information content (AvgIpc) is 3.21. The minimum Gasteiger partial charge on any atom is -0.497 e. The van der Waals surface area contributed by atoms with E-state index >= 15 is 0 Å². The van der Waals surface area contributed by atoms with Crippen molar-refractivity contribution >= 4 is 0 Å². The SMILES string of the molecule is COc1ccc(-c2cnc(CNC3CC3)[nH]2)c(OC)c1. The number of hydrogen-bond acceptors (Lipinski definition) is 4. The largest absolute Gasteiger partial charge is 0.497 e. The maximum absolute atomic E-state index is 5.42. The Kier molecular flexibility index (Phi) is 3.60. The van der Waals surface area contributed by atoms with Crippen molar-refractivity contribution in [1.29, 1.82) is 0 Å². The third-order valence-electron chi connectivity index (χ3n) is 3.46. The summed E-state index contributed by atoms with van der Waals surface area (Å²) in [7, 11) is 3.30. The topological polar surface area (TPSA) is 59.2 Å². The Morgan fingerprint density at radius 1 is 1.30 bits per heavy atom. The van der Waals surface area contributed by atoms with Crippen LogP contribution in [0.5, 0.6) is 11.5 Å². The highest BCUT2D eigenvalue weighted by Gasteiger charge is 2.20. The summed E-state index contributed by atoms with van der Waals surface area (Å²) in [5, 5.41) is 3.44. The lowest BCUT2D eigenvalue weighted by Gasteiger charge is -2.08. The summed E-state index contributed by atoms with van der Waals surface area (Å²) in [4.78, 5) is 7.74. The first kappa shape index (κ1) is 13.0. The van der Waals surface area contributed by atoms with Gasteiger partial charge in [0.15, 0.2) is 0 Å². The smallest absolute Gasteiger partial charge is 0.131 e. The molecule has 0 saturated heterocycles. The van der Waals surface area contributed by atoms with Crippen molar-refractivity contribution in [2.75, 3.05) is 14.2 Å². The van der Waals surface area contributed by atoms with Crippen LogP contribution in [0.4, 0.5) is 0 Å². The van der Waals surface area contributed by atoms with Crippen LogP contribution in [0.1, 0.15) is 18.7 Å². The van der Waals surface area contributed by atoms with Gasteiger partial charge in [-0.2, -0.15) is 0 Å². The Balaban J connectivity index is 1.80. The van der Waals surface area contributed by atoms with Crippen LogP contribution < -0.4 is 14.8 Å². The van der Waals surface area contributed by atoms with Crippen molar-refractivity contribution in [2.24, 2.45) is 0 Å². The highest BCUT2D eigenvalue weighted by Crippen LogP contribution is 2.32. The number of ether oxygens (including phenoxy) is 2. The molecule has 20 heavy (non-hydrogen) atoms. The molecule has 106 valence electrons. The van der Waals surface area contributed by atoms with E-state index in [-0.39, 0.29) is 0 Å². The molecule has 1 saturated carbocycles. The summed E-state index contributed by atoms with van der Waals surface area (Å²) in [6, 6.07) is 6.45. The number of rotatable bonds is 6. The maximum atomic E-state index is 5.42. The van der Waals surface area contributed by atoms with E-state index < -0.39 is 0 Å². The van der Waals surface area contributed by atoms with Crippen molar-refractivity contribution in [3.8, 4) is 22.8 Å². The van der Waals surface area contributed by atoms with E-state index in [9.17, 15) is 0 Å². The number of imidazole rings is 1.